The summed E-state index contributed by atoms with van der Waals surface area (Å²) in [6.07, 6.45) is 1.51. The molecular formula is C18H29N3O. The lowest BCUT2D eigenvalue weighted by atomic mass is 10.1. The number of ether oxygens (including phenoxy) is 1. The minimum atomic E-state index is 0.267. The number of nitrogens with one attached hydrogen (secondary N) is 2. The fraction of sp³-hybridized carbons (Fsp3) is 0.611. The minimum Gasteiger partial charge on any atom is -0.374 e. The smallest absolute Gasteiger partial charge is 0.191 e. The Balaban J connectivity index is 1.86. The van der Waals surface area contributed by atoms with Crippen molar-refractivity contribution in [3.05, 3.63) is 35.4 Å². The number of guanidine groups is 1. The van der Waals surface area contributed by atoms with Gasteiger partial charge in [-0.3, -0.25) is 0 Å². The van der Waals surface area contributed by atoms with Crippen molar-refractivity contribution in [3.63, 3.8) is 0 Å². The molecule has 22 heavy (non-hydrogen) atoms. The van der Waals surface area contributed by atoms with E-state index in [-0.39, 0.29) is 6.10 Å². The van der Waals surface area contributed by atoms with E-state index >= 15 is 0 Å². The molecule has 1 aliphatic rings. The molecule has 0 aliphatic heterocycles. The maximum Gasteiger partial charge on any atom is 0.191 e. The largest absolute Gasteiger partial charge is 0.374 e. The average molecular weight is 303 g/mol. The normalized spacial score (nSPS) is 21.0. The average Bonchev–Trinajstić information content (AvgIpc) is 3.19. The van der Waals surface area contributed by atoms with Crippen molar-refractivity contribution in [1.82, 2.24) is 10.6 Å². The molecule has 0 heterocycles. The molecule has 1 fully saturated rings. The van der Waals surface area contributed by atoms with E-state index in [2.05, 4.69) is 67.6 Å². The van der Waals surface area contributed by atoms with E-state index in [9.17, 15) is 0 Å². The molecular weight excluding hydrogens is 274 g/mol. The molecule has 2 atom stereocenters. The highest BCUT2D eigenvalue weighted by atomic mass is 16.5. The van der Waals surface area contributed by atoms with Crippen LogP contribution in [0.4, 0.5) is 0 Å². The molecule has 0 saturated heterocycles. The third-order valence-electron chi connectivity index (χ3n) is 3.80. The standard InChI is InChI=1S/C18H29N3O/c1-5-19-18(21-17-10-14(17)4)20-11-15-6-8-16(9-7-15)12-22-13(2)3/h6-9,13-14,17H,5,10-12H2,1-4H3,(H2,19,20,21). The van der Waals surface area contributed by atoms with Gasteiger partial charge in [0.2, 0.25) is 0 Å². The fourth-order valence-electron chi connectivity index (χ4n) is 2.19. The van der Waals surface area contributed by atoms with Gasteiger partial charge >= 0.3 is 0 Å². The highest BCUT2D eigenvalue weighted by Crippen LogP contribution is 2.28. The molecule has 1 saturated carbocycles. The lowest BCUT2D eigenvalue weighted by Gasteiger charge is -2.11. The molecule has 4 heteroatoms. The second-order valence-electron chi connectivity index (χ2n) is 6.34. The van der Waals surface area contributed by atoms with Gasteiger partial charge < -0.3 is 15.4 Å². The zero-order valence-electron chi connectivity index (χ0n) is 14.2. The summed E-state index contributed by atoms with van der Waals surface area (Å²) < 4.78 is 5.61. The Morgan fingerprint density at radius 2 is 1.91 bits per heavy atom. The zero-order valence-corrected chi connectivity index (χ0v) is 14.2. The number of nitrogens with zero attached hydrogens (tertiary/aromatic N) is 1. The van der Waals surface area contributed by atoms with Crippen LogP contribution in [0.2, 0.25) is 0 Å². The molecule has 2 unspecified atom stereocenters. The van der Waals surface area contributed by atoms with Gasteiger partial charge in [0.05, 0.1) is 19.3 Å². The van der Waals surface area contributed by atoms with E-state index in [0.717, 1.165) is 18.4 Å². The first-order valence-electron chi connectivity index (χ1n) is 8.32. The molecule has 4 nitrogen and oxygen atoms in total. The van der Waals surface area contributed by atoms with Gasteiger partial charge in [0, 0.05) is 12.6 Å². The monoisotopic (exact) mass is 303 g/mol. The second kappa shape index (κ2) is 8.18. The van der Waals surface area contributed by atoms with Gasteiger partial charge in [0.25, 0.3) is 0 Å². The molecule has 0 amide bonds. The first-order chi connectivity index (χ1) is 10.6. The molecule has 122 valence electrons. The topological polar surface area (TPSA) is 45.7 Å². The third-order valence-corrected chi connectivity index (χ3v) is 3.80. The summed E-state index contributed by atoms with van der Waals surface area (Å²) >= 11 is 0. The SMILES string of the molecule is CCNC(=NCc1ccc(COC(C)C)cc1)NC1CC1C. The lowest BCUT2D eigenvalue weighted by molar-refractivity contribution is 0.0657. The number of hydrogen-bond donors (Lipinski definition) is 2. The lowest BCUT2D eigenvalue weighted by Crippen LogP contribution is -2.39. The summed E-state index contributed by atoms with van der Waals surface area (Å²) in [6.45, 7) is 10.7. The van der Waals surface area contributed by atoms with Crippen LogP contribution < -0.4 is 10.6 Å². The van der Waals surface area contributed by atoms with E-state index in [1.165, 1.54) is 17.5 Å². The predicted octanol–water partition coefficient (Wildman–Crippen LogP) is 3.08. The van der Waals surface area contributed by atoms with Crippen molar-refractivity contribution in [1.29, 1.82) is 0 Å². The Kier molecular flexibility index (Phi) is 6.25. The Morgan fingerprint density at radius 1 is 1.27 bits per heavy atom. The van der Waals surface area contributed by atoms with Crippen LogP contribution in [-0.2, 0) is 17.9 Å². The van der Waals surface area contributed by atoms with Crippen molar-refractivity contribution in [2.45, 2.75) is 59.4 Å². The second-order valence-corrected chi connectivity index (χ2v) is 6.34. The van der Waals surface area contributed by atoms with Crippen LogP contribution in [0, 0.1) is 5.92 Å². The first kappa shape index (κ1) is 16.8. The summed E-state index contributed by atoms with van der Waals surface area (Å²) in [4.78, 5) is 4.67. The Hall–Kier alpha value is -1.55. The molecule has 0 spiro atoms. The van der Waals surface area contributed by atoms with Crippen LogP contribution in [0.3, 0.4) is 0 Å². The summed E-state index contributed by atoms with van der Waals surface area (Å²) in [5.41, 5.74) is 2.42. The van der Waals surface area contributed by atoms with Crippen molar-refractivity contribution >= 4 is 5.96 Å². The van der Waals surface area contributed by atoms with Crippen molar-refractivity contribution < 1.29 is 4.74 Å². The minimum absolute atomic E-state index is 0.267. The van der Waals surface area contributed by atoms with Crippen LogP contribution in [0.1, 0.15) is 45.2 Å². The molecule has 2 N–H and O–H groups in total. The molecule has 0 radical (unpaired) electrons. The summed E-state index contributed by atoms with van der Waals surface area (Å²) in [5.74, 6) is 1.69. The molecule has 0 aromatic heterocycles. The number of aliphatic imine (C=N–C) groups is 1. The first-order valence-corrected chi connectivity index (χ1v) is 8.32. The van der Waals surface area contributed by atoms with Crippen LogP contribution >= 0.6 is 0 Å². The van der Waals surface area contributed by atoms with Crippen molar-refractivity contribution in [3.8, 4) is 0 Å². The van der Waals surface area contributed by atoms with Gasteiger partial charge in [-0.2, -0.15) is 0 Å². The van der Waals surface area contributed by atoms with Gasteiger partial charge in [-0.05, 0) is 44.2 Å². The molecule has 1 aromatic carbocycles. The van der Waals surface area contributed by atoms with Gasteiger partial charge in [-0.25, -0.2) is 4.99 Å². The maximum absolute atomic E-state index is 5.61. The van der Waals surface area contributed by atoms with Crippen LogP contribution in [0.5, 0.6) is 0 Å². The van der Waals surface area contributed by atoms with Crippen LogP contribution in [0.15, 0.2) is 29.3 Å². The highest BCUT2D eigenvalue weighted by molar-refractivity contribution is 5.80. The Morgan fingerprint density at radius 3 is 2.45 bits per heavy atom. The number of rotatable bonds is 7. The van der Waals surface area contributed by atoms with Gasteiger partial charge in [0.15, 0.2) is 5.96 Å². The van der Waals surface area contributed by atoms with E-state index < -0.39 is 0 Å². The maximum atomic E-state index is 5.61. The van der Waals surface area contributed by atoms with E-state index in [1.54, 1.807) is 0 Å². The van der Waals surface area contributed by atoms with E-state index in [4.69, 9.17) is 4.74 Å². The highest BCUT2D eigenvalue weighted by Gasteiger charge is 2.33. The quantitative estimate of drug-likeness (QED) is 0.601. The van der Waals surface area contributed by atoms with Crippen molar-refractivity contribution in [2.24, 2.45) is 10.9 Å². The molecule has 0 bridgehead atoms. The molecule has 1 aromatic rings. The predicted molar refractivity (Wildman–Crippen MR) is 91.9 cm³/mol. The summed E-state index contributed by atoms with van der Waals surface area (Å²) in [7, 11) is 0. The fourth-order valence-corrected chi connectivity index (χ4v) is 2.19. The van der Waals surface area contributed by atoms with Crippen molar-refractivity contribution in [2.75, 3.05) is 6.54 Å². The Labute approximate surface area is 134 Å². The Bertz CT molecular complexity index is 482. The summed E-state index contributed by atoms with van der Waals surface area (Å²) in [5, 5.41) is 6.78. The van der Waals surface area contributed by atoms with E-state index in [1.807, 2.05) is 0 Å². The third kappa shape index (κ3) is 5.68. The van der Waals surface area contributed by atoms with E-state index in [0.29, 0.717) is 19.2 Å². The van der Waals surface area contributed by atoms with Gasteiger partial charge in [-0.1, -0.05) is 31.2 Å². The van der Waals surface area contributed by atoms with Crippen LogP contribution in [-0.4, -0.2) is 24.7 Å². The van der Waals surface area contributed by atoms with Gasteiger partial charge in [-0.15, -0.1) is 0 Å². The zero-order chi connectivity index (χ0) is 15.9. The number of hydrogen-bond acceptors (Lipinski definition) is 2. The van der Waals surface area contributed by atoms with Crippen LogP contribution in [0.25, 0.3) is 0 Å². The number of benzene rings is 1. The molecule has 1 aliphatic carbocycles. The molecule has 2 rings (SSSR count). The summed E-state index contributed by atoms with van der Waals surface area (Å²) in [6, 6.07) is 9.10. The van der Waals surface area contributed by atoms with Gasteiger partial charge in [0.1, 0.15) is 0 Å².